The van der Waals surface area contributed by atoms with Crippen LogP contribution in [0.3, 0.4) is 0 Å². The van der Waals surface area contributed by atoms with Gasteiger partial charge in [-0.1, -0.05) is 0 Å². The van der Waals surface area contributed by atoms with E-state index < -0.39 is 5.50 Å². The molecule has 1 amide bonds. The van der Waals surface area contributed by atoms with Crippen LogP contribution in [0.2, 0.25) is 0 Å². The Morgan fingerprint density at radius 3 is 2.69 bits per heavy atom. The number of morpholine rings is 1. The summed E-state index contributed by atoms with van der Waals surface area (Å²) in [4.78, 5) is 13.8. The SMILES string of the molecule is [B]C1(C)OC2(CCNCC2)CN(CC)C1=O. The summed E-state index contributed by atoms with van der Waals surface area (Å²) in [5.74, 6) is -0.0980. The highest BCUT2D eigenvalue weighted by molar-refractivity contribution is 6.27. The average Bonchev–Trinajstić information content (AvgIpc) is 2.24. The average molecular weight is 222 g/mol. The first-order valence-electron chi connectivity index (χ1n) is 5.98. The fourth-order valence-corrected chi connectivity index (χ4v) is 2.66. The number of rotatable bonds is 1. The molecule has 0 aromatic carbocycles. The van der Waals surface area contributed by atoms with Gasteiger partial charge >= 0.3 is 0 Å². The number of ether oxygens (including phenoxy) is 1. The lowest BCUT2D eigenvalue weighted by atomic mass is 9.77. The Morgan fingerprint density at radius 1 is 1.50 bits per heavy atom. The van der Waals surface area contributed by atoms with Gasteiger partial charge in [0.05, 0.1) is 5.60 Å². The Kier molecular flexibility index (Phi) is 3.01. The summed E-state index contributed by atoms with van der Waals surface area (Å²) in [5, 5.41) is 3.30. The zero-order chi connectivity index (χ0) is 11.8. The molecular formula is C11H19BN2O2. The number of likely N-dealkylation sites (N-methyl/N-ethyl adjacent to an activating group) is 1. The molecule has 2 aliphatic rings. The normalized spacial score (nSPS) is 34.4. The lowest BCUT2D eigenvalue weighted by molar-refractivity contribution is -0.195. The molecule has 0 saturated carbocycles. The Hall–Kier alpha value is -0.545. The first-order valence-corrected chi connectivity index (χ1v) is 5.98. The van der Waals surface area contributed by atoms with E-state index in [-0.39, 0.29) is 11.5 Å². The molecule has 5 heteroatoms. The minimum atomic E-state index is -1.16. The van der Waals surface area contributed by atoms with E-state index in [1.54, 1.807) is 6.92 Å². The molecule has 0 aromatic heterocycles. The van der Waals surface area contributed by atoms with Crippen molar-refractivity contribution in [2.24, 2.45) is 0 Å². The summed E-state index contributed by atoms with van der Waals surface area (Å²) in [7, 11) is 5.96. The van der Waals surface area contributed by atoms with Crippen LogP contribution in [0.5, 0.6) is 0 Å². The fourth-order valence-electron chi connectivity index (χ4n) is 2.66. The van der Waals surface area contributed by atoms with Gasteiger partial charge in [-0.25, -0.2) is 0 Å². The van der Waals surface area contributed by atoms with E-state index in [9.17, 15) is 4.79 Å². The second kappa shape index (κ2) is 4.04. The predicted molar refractivity (Wildman–Crippen MR) is 62.3 cm³/mol. The maximum Gasteiger partial charge on any atom is 0.244 e. The van der Waals surface area contributed by atoms with E-state index in [4.69, 9.17) is 12.6 Å². The van der Waals surface area contributed by atoms with Gasteiger partial charge < -0.3 is 15.0 Å². The van der Waals surface area contributed by atoms with Gasteiger partial charge in [-0.3, -0.25) is 4.79 Å². The molecule has 2 aliphatic heterocycles. The number of carbonyl (C=O) groups is 1. The quantitative estimate of drug-likeness (QED) is 0.628. The summed E-state index contributed by atoms with van der Waals surface area (Å²) in [5.41, 5.74) is -1.40. The number of hydrogen-bond acceptors (Lipinski definition) is 3. The molecule has 2 radical (unpaired) electrons. The second-order valence-corrected chi connectivity index (χ2v) is 4.96. The number of amides is 1. The van der Waals surface area contributed by atoms with Crippen molar-refractivity contribution in [2.45, 2.75) is 37.8 Å². The third-order valence-corrected chi connectivity index (χ3v) is 3.52. The largest absolute Gasteiger partial charge is 0.367 e. The molecule has 2 heterocycles. The van der Waals surface area contributed by atoms with Crippen molar-refractivity contribution >= 4 is 13.8 Å². The fraction of sp³-hybridized carbons (Fsp3) is 0.909. The minimum absolute atomic E-state index is 0.0980. The van der Waals surface area contributed by atoms with E-state index >= 15 is 0 Å². The molecular weight excluding hydrogens is 203 g/mol. The van der Waals surface area contributed by atoms with Crippen molar-refractivity contribution in [2.75, 3.05) is 26.2 Å². The van der Waals surface area contributed by atoms with Crippen molar-refractivity contribution < 1.29 is 9.53 Å². The molecule has 2 saturated heterocycles. The van der Waals surface area contributed by atoms with Crippen molar-refractivity contribution in [3.63, 3.8) is 0 Å². The van der Waals surface area contributed by atoms with E-state index in [2.05, 4.69) is 5.32 Å². The summed E-state index contributed by atoms with van der Waals surface area (Å²) in [6, 6.07) is 0. The molecule has 4 nitrogen and oxygen atoms in total. The lowest BCUT2D eigenvalue weighted by Crippen LogP contribution is -2.66. The van der Waals surface area contributed by atoms with E-state index in [0.717, 1.165) is 25.9 Å². The highest BCUT2D eigenvalue weighted by atomic mass is 16.5. The third-order valence-electron chi connectivity index (χ3n) is 3.52. The van der Waals surface area contributed by atoms with Crippen LogP contribution < -0.4 is 5.32 Å². The molecule has 16 heavy (non-hydrogen) atoms. The maximum atomic E-state index is 12.0. The number of hydrogen-bond donors (Lipinski definition) is 1. The maximum absolute atomic E-state index is 12.0. The van der Waals surface area contributed by atoms with Crippen LogP contribution in [0.15, 0.2) is 0 Å². The molecule has 2 rings (SSSR count). The van der Waals surface area contributed by atoms with Crippen LogP contribution in [-0.2, 0) is 9.53 Å². The van der Waals surface area contributed by atoms with Gasteiger partial charge in [0.2, 0.25) is 5.91 Å². The summed E-state index contributed by atoms with van der Waals surface area (Å²) in [6.07, 6.45) is 1.84. The van der Waals surface area contributed by atoms with Crippen molar-refractivity contribution in [3.8, 4) is 0 Å². The number of nitrogens with one attached hydrogen (secondary N) is 1. The van der Waals surface area contributed by atoms with Crippen LogP contribution >= 0.6 is 0 Å². The lowest BCUT2D eigenvalue weighted by Gasteiger charge is -2.51. The first-order chi connectivity index (χ1) is 7.49. The summed E-state index contributed by atoms with van der Waals surface area (Å²) >= 11 is 0. The molecule has 2 fully saturated rings. The van der Waals surface area contributed by atoms with Crippen molar-refractivity contribution in [1.29, 1.82) is 0 Å². The van der Waals surface area contributed by atoms with Crippen LogP contribution in [0.1, 0.15) is 26.7 Å². The van der Waals surface area contributed by atoms with Gasteiger partial charge in [0.15, 0.2) is 0 Å². The highest BCUT2D eigenvalue weighted by Crippen LogP contribution is 2.34. The molecule has 88 valence electrons. The highest BCUT2D eigenvalue weighted by Gasteiger charge is 2.48. The van der Waals surface area contributed by atoms with Gasteiger partial charge in [-0.05, 0) is 39.8 Å². The predicted octanol–water partition coefficient (Wildman–Crippen LogP) is -0.128. The van der Waals surface area contributed by atoms with Crippen LogP contribution in [0.25, 0.3) is 0 Å². The molecule has 1 unspecified atom stereocenters. The second-order valence-electron chi connectivity index (χ2n) is 4.96. The minimum Gasteiger partial charge on any atom is -0.367 e. The van der Waals surface area contributed by atoms with Crippen LogP contribution in [-0.4, -0.2) is 55.9 Å². The third kappa shape index (κ3) is 1.98. The van der Waals surface area contributed by atoms with Crippen molar-refractivity contribution in [1.82, 2.24) is 10.2 Å². The summed E-state index contributed by atoms with van der Waals surface area (Å²) < 4.78 is 5.89. The van der Waals surface area contributed by atoms with Gasteiger partial charge in [-0.15, -0.1) is 0 Å². The van der Waals surface area contributed by atoms with E-state index in [0.29, 0.717) is 13.1 Å². The molecule has 0 aliphatic carbocycles. The number of piperidine rings is 1. The zero-order valence-electron chi connectivity index (χ0n) is 10.1. The van der Waals surface area contributed by atoms with E-state index in [1.165, 1.54) is 0 Å². The Morgan fingerprint density at radius 2 is 2.12 bits per heavy atom. The molecule has 1 atom stereocenters. The van der Waals surface area contributed by atoms with E-state index in [1.807, 2.05) is 11.8 Å². The standard InChI is InChI=1S/C11H19BN2O2/c1-3-14-8-11(4-6-13-7-5-11)16-10(2,12)9(14)15/h13H,3-8H2,1-2H3. The number of nitrogens with zero attached hydrogens (tertiary/aromatic N) is 1. The van der Waals surface area contributed by atoms with Gasteiger partial charge in [0.1, 0.15) is 13.3 Å². The Bertz CT molecular complexity index is 288. The summed E-state index contributed by atoms with van der Waals surface area (Å²) in [6.45, 7) is 6.89. The van der Waals surface area contributed by atoms with Crippen LogP contribution in [0, 0.1) is 0 Å². The number of carbonyl (C=O) groups excluding carboxylic acids is 1. The Labute approximate surface area is 98.1 Å². The van der Waals surface area contributed by atoms with Crippen molar-refractivity contribution in [3.05, 3.63) is 0 Å². The molecule has 1 N–H and O–H groups in total. The molecule has 0 aromatic rings. The monoisotopic (exact) mass is 222 g/mol. The van der Waals surface area contributed by atoms with Crippen LogP contribution in [0.4, 0.5) is 0 Å². The van der Waals surface area contributed by atoms with Gasteiger partial charge in [0.25, 0.3) is 0 Å². The smallest absolute Gasteiger partial charge is 0.244 e. The molecule has 1 spiro atoms. The first kappa shape index (κ1) is 11.9. The van der Waals surface area contributed by atoms with Gasteiger partial charge in [0, 0.05) is 13.1 Å². The molecule has 0 bridgehead atoms. The topological polar surface area (TPSA) is 41.6 Å². The Balaban J connectivity index is 2.20. The zero-order valence-corrected chi connectivity index (χ0v) is 10.1. The van der Waals surface area contributed by atoms with Gasteiger partial charge in [-0.2, -0.15) is 0 Å².